The first kappa shape index (κ1) is 13.7. The third-order valence-electron chi connectivity index (χ3n) is 3.47. The fraction of sp³-hybridized carbons (Fsp3) is 0.118. The molecular weight excluding hydrogens is 284 g/mol. The van der Waals surface area contributed by atoms with Crippen LogP contribution < -0.4 is 0 Å². The molecule has 1 aromatic heterocycles. The first-order valence-corrected chi connectivity index (χ1v) is 7.04. The van der Waals surface area contributed by atoms with Crippen LogP contribution in [0.2, 0.25) is 5.02 Å². The molecule has 3 aromatic rings. The molecule has 0 amide bonds. The number of aryl methyl sites for hydroxylation is 2. The number of nitrogens with zero attached hydrogens (tertiary/aromatic N) is 1. The zero-order chi connectivity index (χ0) is 15.0. The molecular formula is C17H15ClN2O. The largest absolute Gasteiger partial charge is 0.494 e. The molecule has 0 fully saturated rings. The molecule has 3 nitrogen and oxygen atoms in total. The maximum Gasteiger partial charge on any atom is 0.198 e. The van der Waals surface area contributed by atoms with Gasteiger partial charge in [-0.25, -0.2) is 0 Å². The Morgan fingerprint density at radius 1 is 1.14 bits per heavy atom. The van der Waals surface area contributed by atoms with Gasteiger partial charge in [0.2, 0.25) is 0 Å². The highest BCUT2D eigenvalue weighted by molar-refractivity contribution is 6.30. The summed E-state index contributed by atoms with van der Waals surface area (Å²) >= 11 is 5.94. The molecule has 1 heterocycles. The van der Waals surface area contributed by atoms with Crippen LogP contribution in [0.3, 0.4) is 0 Å². The van der Waals surface area contributed by atoms with E-state index in [0.29, 0.717) is 10.6 Å². The third-order valence-corrected chi connectivity index (χ3v) is 3.70. The smallest absolute Gasteiger partial charge is 0.198 e. The molecule has 0 saturated carbocycles. The zero-order valence-electron chi connectivity index (χ0n) is 11.8. The van der Waals surface area contributed by atoms with Gasteiger partial charge in [0, 0.05) is 22.1 Å². The van der Waals surface area contributed by atoms with E-state index in [1.807, 2.05) is 44.2 Å². The minimum absolute atomic E-state index is 0.131. The molecule has 4 heteroatoms. The molecule has 0 radical (unpaired) electrons. The molecule has 0 aliphatic rings. The maximum atomic E-state index is 10.0. The zero-order valence-corrected chi connectivity index (χ0v) is 12.6. The fourth-order valence-electron chi connectivity index (χ4n) is 2.34. The summed E-state index contributed by atoms with van der Waals surface area (Å²) in [5.74, 6) is 0.131. The predicted octanol–water partition coefficient (Wildman–Crippen LogP) is 4.89. The first-order valence-electron chi connectivity index (χ1n) is 6.66. The third kappa shape index (κ3) is 2.65. The summed E-state index contributed by atoms with van der Waals surface area (Å²) in [6.45, 7) is 3.98. The van der Waals surface area contributed by atoms with Gasteiger partial charge in [-0.15, -0.1) is 0 Å². The maximum absolute atomic E-state index is 10.0. The van der Waals surface area contributed by atoms with Gasteiger partial charge in [-0.05, 0) is 49.7 Å². The Bertz CT molecular complexity index is 849. The van der Waals surface area contributed by atoms with E-state index in [-0.39, 0.29) is 5.88 Å². The van der Waals surface area contributed by atoms with E-state index in [2.05, 4.69) is 9.98 Å². The van der Waals surface area contributed by atoms with Gasteiger partial charge < -0.3 is 10.1 Å². The van der Waals surface area contributed by atoms with Crippen LogP contribution in [0.1, 0.15) is 16.7 Å². The van der Waals surface area contributed by atoms with E-state index < -0.39 is 0 Å². The average molecular weight is 299 g/mol. The lowest BCUT2D eigenvalue weighted by Gasteiger charge is -2.00. The summed E-state index contributed by atoms with van der Waals surface area (Å²) in [6.07, 6.45) is 1.68. The lowest BCUT2D eigenvalue weighted by atomic mass is 10.1. The number of aromatic hydroxyl groups is 1. The number of H-pyrrole nitrogens is 1. The minimum atomic E-state index is 0.131. The van der Waals surface area contributed by atoms with Crippen LogP contribution in [0.5, 0.6) is 5.88 Å². The molecule has 0 saturated heterocycles. The van der Waals surface area contributed by atoms with E-state index in [1.54, 1.807) is 12.3 Å². The molecule has 0 aliphatic heterocycles. The minimum Gasteiger partial charge on any atom is -0.494 e. The number of fused-ring (bicyclic) bond motifs is 1. The Labute approximate surface area is 127 Å². The highest BCUT2D eigenvalue weighted by Gasteiger charge is 2.09. The first-order chi connectivity index (χ1) is 10.0. The van der Waals surface area contributed by atoms with Gasteiger partial charge in [-0.2, -0.15) is 0 Å². The van der Waals surface area contributed by atoms with Crippen molar-refractivity contribution in [1.29, 1.82) is 0 Å². The molecule has 2 N–H and O–H groups in total. The number of hydrogen-bond acceptors (Lipinski definition) is 2. The van der Waals surface area contributed by atoms with Gasteiger partial charge in [0.25, 0.3) is 0 Å². The van der Waals surface area contributed by atoms with Crippen molar-refractivity contribution in [3.8, 4) is 5.88 Å². The molecule has 21 heavy (non-hydrogen) atoms. The molecule has 106 valence electrons. The number of aromatic amines is 1. The lowest BCUT2D eigenvalue weighted by Crippen LogP contribution is -1.81. The summed E-state index contributed by atoms with van der Waals surface area (Å²) in [5, 5.41) is 11.7. The summed E-state index contributed by atoms with van der Waals surface area (Å²) < 4.78 is 0. The van der Waals surface area contributed by atoms with E-state index in [4.69, 9.17) is 11.6 Å². The monoisotopic (exact) mass is 298 g/mol. The summed E-state index contributed by atoms with van der Waals surface area (Å²) in [6, 6.07) is 11.5. The molecule has 0 atom stereocenters. The van der Waals surface area contributed by atoms with Crippen molar-refractivity contribution in [2.75, 3.05) is 0 Å². The number of aromatic nitrogens is 1. The summed E-state index contributed by atoms with van der Waals surface area (Å²) in [4.78, 5) is 7.42. The lowest BCUT2D eigenvalue weighted by molar-refractivity contribution is 0.457. The molecule has 0 bridgehead atoms. The molecule has 2 aromatic carbocycles. The van der Waals surface area contributed by atoms with Crippen LogP contribution in [-0.2, 0) is 0 Å². The van der Waals surface area contributed by atoms with Gasteiger partial charge in [-0.1, -0.05) is 23.2 Å². The summed E-state index contributed by atoms with van der Waals surface area (Å²) in [5.41, 5.74) is 4.56. The summed E-state index contributed by atoms with van der Waals surface area (Å²) in [7, 11) is 0. The van der Waals surface area contributed by atoms with Crippen molar-refractivity contribution in [3.05, 3.63) is 58.1 Å². The Kier molecular flexibility index (Phi) is 3.43. The number of rotatable bonds is 2. The highest BCUT2D eigenvalue weighted by atomic mass is 35.5. The molecule has 0 unspecified atom stereocenters. The number of aliphatic imine (C=N–C) groups is 1. The van der Waals surface area contributed by atoms with Crippen LogP contribution in [0, 0.1) is 13.8 Å². The van der Waals surface area contributed by atoms with Crippen molar-refractivity contribution in [2.45, 2.75) is 13.8 Å². The van der Waals surface area contributed by atoms with E-state index >= 15 is 0 Å². The second kappa shape index (κ2) is 5.26. The van der Waals surface area contributed by atoms with Gasteiger partial charge in [0.15, 0.2) is 5.88 Å². The number of halogens is 1. The van der Waals surface area contributed by atoms with Crippen LogP contribution in [-0.4, -0.2) is 16.3 Å². The topological polar surface area (TPSA) is 48.4 Å². The van der Waals surface area contributed by atoms with Gasteiger partial charge in [0.05, 0.1) is 11.3 Å². The molecule has 0 aliphatic carbocycles. The van der Waals surface area contributed by atoms with Crippen molar-refractivity contribution >= 4 is 34.4 Å². The van der Waals surface area contributed by atoms with Crippen molar-refractivity contribution < 1.29 is 5.11 Å². The number of hydrogen-bond donors (Lipinski definition) is 2. The van der Waals surface area contributed by atoms with Crippen LogP contribution >= 0.6 is 11.6 Å². The van der Waals surface area contributed by atoms with E-state index in [1.165, 1.54) is 0 Å². The van der Waals surface area contributed by atoms with Gasteiger partial charge in [0.1, 0.15) is 0 Å². The van der Waals surface area contributed by atoms with Crippen molar-refractivity contribution in [2.24, 2.45) is 4.99 Å². The highest BCUT2D eigenvalue weighted by Crippen LogP contribution is 2.28. The standard InChI is InChI=1S/C17H15ClN2O/c1-10-3-5-16-13(7-10)14(17(21)20-16)9-19-15-6-4-12(18)8-11(15)2/h3-9,20-21H,1-2H3. The Morgan fingerprint density at radius 3 is 2.71 bits per heavy atom. The fourth-order valence-corrected chi connectivity index (χ4v) is 2.57. The van der Waals surface area contributed by atoms with Crippen LogP contribution in [0.25, 0.3) is 10.9 Å². The quantitative estimate of drug-likeness (QED) is 0.650. The second-order valence-corrected chi connectivity index (χ2v) is 5.56. The molecule has 3 rings (SSSR count). The van der Waals surface area contributed by atoms with Crippen LogP contribution in [0.15, 0.2) is 41.4 Å². The van der Waals surface area contributed by atoms with E-state index in [0.717, 1.165) is 27.7 Å². The SMILES string of the molecule is Cc1ccc2[nH]c(O)c(C=Nc3ccc(Cl)cc3C)c2c1. The van der Waals surface area contributed by atoms with Gasteiger partial charge >= 0.3 is 0 Å². The predicted molar refractivity (Wildman–Crippen MR) is 88.1 cm³/mol. The van der Waals surface area contributed by atoms with E-state index in [9.17, 15) is 5.11 Å². The Morgan fingerprint density at radius 2 is 1.95 bits per heavy atom. The Balaban J connectivity index is 2.06. The number of benzene rings is 2. The average Bonchev–Trinajstić information content (AvgIpc) is 2.73. The van der Waals surface area contributed by atoms with Gasteiger partial charge in [-0.3, -0.25) is 4.99 Å². The van der Waals surface area contributed by atoms with Crippen molar-refractivity contribution in [1.82, 2.24) is 4.98 Å². The second-order valence-electron chi connectivity index (χ2n) is 5.13. The van der Waals surface area contributed by atoms with Crippen LogP contribution in [0.4, 0.5) is 5.69 Å². The Hall–Kier alpha value is -2.26. The number of nitrogens with one attached hydrogen (secondary N) is 1. The van der Waals surface area contributed by atoms with Crippen molar-refractivity contribution in [3.63, 3.8) is 0 Å². The normalized spacial score (nSPS) is 11.6. The molecule has 0 spiro atoms.